The molecule has 2 N–H and O–H groups in total. The first-order valence-corrected chi connectivity index (χ1v) is 13.6. The molecule has 0 amide bonds. The van der Waals surface area contributed by atoms with E-state index in [1.807, 2.05) is 12.3 Å². The van der Waals surface area contributed by atoms with Crippen LogP contribution in [0.3, 0.4) is 0 Å². The molecule has 0 saturated carbocycles. The van der Waals surface area contributed by atoms with Crippen LogP contribution in [-0.2, 0) is 6.16 Å². The van der Waals surface area contributed by atoms with Crippen molar-refractivity contribution in [1.82, 2.24) is 15.2 Å². The first-order valence-electron chi connectivity index (χ1n) is 12.8. The van der Waals surface area contributed by atoms with Crippen LogP contribution in [0, 0.1) is 5.92 Å². The quantitative estimate of drug-likeness (QED) is 0.276. The predicted molar refractivity (Wildman–Crippen MR) is 157 cm³/mol. The molecule has 188 valence electrons. The van der Waals surface area contributed by atoms with Gasteiger partial charge < -0.3 is 15.5 Å². The highest BCUT2D eigenvalue weighted by Crippen LogP contribution is 2.31. The monoisotopic (exact) mass is 499 g/mol. The normalized spacial score (nSPS) is 16.0. The predicted octanol–water partition coefficient (Wildman–Crippen LogP) is 6.09. The van der Waals surface area contributed by atoms with Gasteiger partial charge in [0.1, 0.15) is 5.82 Å². The highest BCUT2D eigenvalue weighted by molar-refractivity contribution is 7.15. The fraction of sp³-hybridized carbons (Fsp3) is 0.333. The van der Waals surface area contributed by atoms with Crippen LogP contribution in [-0.4, -0.2) is 43.3 Å². The van der Waals surface area contributed by atoms with Gasteiger partial charge in [-0.2, -0.15) is 0 Å². The summed E-state index contributed by atoms with van der Waals surface area (Å²) in [6.45, 7) is 4.27. The topological polar surface area (TPSA) is 52.6 Å². The summed E-state index contributed by atoms with van der Waals surface area (Å²) in [7, 11) is 7.01. The second-order valence-corrected chi connectivity index (χ2v) is 9.98. The number of hydrogen-bond donors (Lipinski definition) is 2. The van der Waals surface area contributed by atoms with E-state index >= 15 is 0 Å². The van der Waals surface area contributed by atoms with Gasteiger partial charge >= 0.3 is 0 Å². The number of pyridine rings is 1. The third-order valence-corrected chi connectivity index (χ3v) is 7.07. The fourth-order valence-corrected chi connectivity index (χ4v) is 4.86. The van der Waals surface area contributed by atoms with E-state index in [1.54, 1.807) is 0 Å². The molecule has 4 rings (SSSR count). The molecule has 5 nitrogen and oxygen atoms in total. The average molecular weight is 500 g/mol. The van der Waals surface area contributed by atoms with E-state index in [9.17, 15) is 0 Å². The molecule has 0 radical (unpaired) electrons. The molecule has 36 heavy (non-hydrogen) atoms. The van der Waals surface area contributed by atoms with E-state index in [1.165, 1.54) is 11.1 Å². The molecule has 1 aliphatic rings. The zero-order valence-electron chi connectivity index (χ0n) is 21.6. The minimum atomic E-state index is 0.150. The van der Waals surface area contributed by atoms with E-state index in [0.29, 0.717) is 5.92 Å². The molecule has 1 aromatic heterocycles. The minimum Gasteiger partial charge on any atom is -0.375 e. The molecule has 0 aliphatic carbocycles. The maximum Gasteiger partial charge on any atom is 0.127 e. The molecule has 2 heterocycles. The van der Waals surface area contributed by atoms with Crippen molar-refractivity contribution in [3.63, 3.8) is 0 Å². The Labute approximate surface area is 218 Å². The summed E-state index contributed by atoms with van der Waals surface area (Å²) in [6.07, 6.45) is 7.22. The molecule has 6 heteroatoms. The van der Waals surface area contributed by atoms with Crippen molar-refractivity contribution in [3.8, 4) is 0 Å². The number of anilines is 1. The first kappa shape index (κ1) is 26.1. The molecule has 1 fully saturated rings. The van der Waals surface area contributed by atoms with Crippen molar-refractivity contribution in [2.24, 2.45) is 10.9 Å². The van der Waals surface area contributed by atoms with Gasteiger partial charge in [0.2, 0.25) is 0 Å². The van der Waals surface area contributed by atoms with E-state index in [4.69, 9.17) is 4.99 Å². The lowest BCUT2D eigenvalue weighted by atomic mass is 9.99. The van der Waals surface area contributed by atoms with Crippen molar-refractivity contribution < 1.29 is 0 Å². The maximum absolute atomic E-state index is 5.17. The molecule has 2 atom stereocenters. The zero-order chi connectivity index (χ0) is 25.3. The summed E-state index contributed by atoms with van der Waals surface area (Å²) in [4.78, 5) is 12.0. The highest BCUT2D eigenvalue weighted by atomic mass is 31.0. The van der Waals surface area contributed by atoms with E-state index in [-0.39, 0.29) is 6.04 Å². The Kier molecular flexibility index (Phi) is 9.27. The van der Waals surface area contributed by atoms with E-state index in [2.05, 4.69) is 118 Å². The van der Waals surface area contributed by atoms with Crippen LogP contribution in [0.5, 0.6) is 0 Å². The Bertz CT molecular complexity index is 1180. The number of benzene rings is 2. The lowest BCUT2D eigenvalue weighted by molar-refractivity contribution is 0.462. The lowest BCUT2D eigenvalue weighted by Gasteiger charge is -2.23. The maximum atomic E-state index is 5.17. The van der Waals surface area contributed by atoms with Crippen molar-refractivity contribution in [3.05, 3.63) is 95.2 Å². The smallest absolute Gasteiger partial charge is 0.127 e. The molecule has 0 bridgehead atoms. The second-order valence-electron chi connectivity index (χ2n) is 9.57. The number of rotatable bonds is 9. The van der Waals surface area contributed by atoms with Gasteiger partial charge in [-0.1, -0.05) is 48.5 Å². The van der Waals surface area contributed by atoms with Gasteiger partial charge in [0.05, 0.1) is 11.4 Å². The van der Waals surface area contributed by atoms with Crippen LogP contribution in [0.1, 0.15) is 48.1 Å². The summed E-state index contributed by atoms with van der Waals surface area (Å²) in [5.41, 5.74) is 6.80. The molecule has 3 aromatic rings. The van der Waals surface area contributed by atoms with E-state index in [0.717, 1.165) is 60.4 Å². The number of hydrogen-bond acceptors (Lipinski definition) is 5. The second kappa shape index (κ2) is 12.8. The Morgan fingerprint density at radius 3 is 2.58 bits per heavy atom. The average Bonchev–Trinajstić information content (AvgIpc) is 2.92. The van der Waals surface area contributed by atoms with Crippen molar-refractivity contribution in [2.75, 3.05) is 32.5 Å². The van der Waals surface area contributed by atoms with Crippen LogP contribution < -0.4 is 10.6 Å². The summed E-state index contributed by atoms with van der Waals surface area (Å²) in [5.74, 6) is 1.35. The molecule has 0 spiro atoms. The molecule has 2 aromatic carbocycles. The van der Waals surface area contributed by atoms with Crippen LogP contribution in [0.15, 0.2) is 77.9 Å². The molecule has 1 saturated heterocycles. The summed E-state index contributed by atoms with van der Waals surface area (Å²) in [6, 6.07) is 23.5. The number of aliphatic imine (C=N–C) groups is 1. The lowest BCUT2D eigenvalue weighted by Crippen LogP contribution is -2.28. The van der Waals surface area contributed by atoms with Gasteiger partial charge in [-0.3, -0.25) is 4.99 Å². The summed E-state index contributed by atoms with van der Waals surface area (Å²) >= 11 is 0. The van der Waals surface area contributed by atoms with Gasteiger partial charge in [-0.05, 0) is 74.3 Å². The Hall–Kier alpha value is -3.01. The van der Waals surface area contributed by atoms with Crippen molar-refractivity contribution in [1.29, 1.82) is 0 Å². The van der Waals surface area contributed by atoms with Gasteiger partial charge in [0.25, 0.3) is 0 Å². The third kappa shape index (κ3) is 6.81. The molecule has 2 unspecified atom stereocenters. The van der Waals surface area contributed by atoms with Crippen molar-refractivity contribution in [2.45, 2.75) is 32.0 Å². The van der Waals surface area contributed by atoms with Crippen LogP contribution in [0.2, 0.25) is 0 Å². The fourth-order valence-electron chi connectivity index (χ4n) is 4.60. The van der Waals surface area contributed by atoms with Crippen LogP contribution in [0.25, 0.3) is 11.4 Å². The van der Waals surface area contributed by atoms with Gasteiger partial charge in [0, 0.05) is 43.7 Å². The van der Waals surface area contributed by atoms with Crippen LogP contribution >= 0.6 is 9.24 Å². The zero-order valence-corrected chi connectivity index (χ0v) is 22.8. The number of piperidine rings is 1. The Morgan fingerprint density at radius 2 is 1.86 bits per heavy atom. The standard InChI is InChI=1S/C30H38N5P/c1-22(25-9-5-4-6-10-25)34-28-19-27(14-17-32-28)30(35(2)3)29(26-11-7-8-24(18-26)21-36)33-20-23-12-15-31-16-13-23/h4-11,14,17-20,22-23,31H,12-13,15-16,21,36H2,1-3H3,(H,32,34)/b30-29-,33-20?. The third-order valence-electron chi connectivity index (χ3n) is 6.60. The molecular formula is C30H38N5P. The van der Waals surface area contributed by atoms with Gasteiger partial charge in [-0.25, -0.2) is 4.98 Å². The largest absolute Gasteiger partial charge is 0.375 e. The van der Waals surface area contributed by atoms with Crippen LogP contribution in [0.4, 0.5) is 5.82 Å². The van der Waals surface area contributed by atoms with E-state index < -0.39 is 0 Å². The molecule has 1 aliphatic heterocycles. The SMILES string of the molecule is CC(Nc1cc(/C(=C(/N=CC2CCNCC2)c2cccc(CP)c2)N(C)C)ccn1)c1ccccc1. The van der Waals surface area contributed by atoms with Gasteiger partial charge in [-0.15, -0.1) is 9.24 Å². The summed E-state index contributed by atoms with van der Waals surface area (Å²) < 4.78 is 0. The van der Waals surface area contributed by atoms with Crippen molar-refractivity contribution >= 4 is 32.7 Å². The number of aromatic nitrogens is 1. The first-order chi connectivity index (χ1) is 17.5. The summed E-state index contributed by atoms with van der Waals surface area (Å²) in [5, 5.41) is 7.02. The molecular weight excluding hydrogens is 461 g/mol. The number of nitrogens with one attached hydrogen (secondary N) is 2. The van der Waals surface area contributed by atoms with Gasteiger partial charge in [0.15, 0.2) is 0 Å². The Morgan fingerprint density at radius 1 is 1.08 bits per heavy atom. The highest BCUT2D eigenvalue weighted by Gasteiger charge is 2.17. The number of nitrogens with zero attached hydrogens (tertiary/aromatic N) is 3. The minimum absolute atomic E-state index is 0.150. The Balaban J connectivity index is 1.75.